The quantitative estimate of drug-likeness (QED) is 0.593. The SMILES string of the molecule is COC(=O)c1c(C)[nH]c(C(=O)OCC(=O)c2[nH]c(C)c(C(C)=O)c2C)c1C. The van der Waals surface area contributed by atoms with E-state index in [9.17, 15) is 19.2 Å². The van der Waals surface area contributed by atoms with Crippen LogP contribution in [0.1, 0.15) is 71.1 Å². The summed E-state index contributed by atoms with van der Waals surface area (Å²) >= 11 is 0. The van der Waals surface area contributed by atoms with Gasteiger partial charge in [0.15, 0.2) is 12.4 Å². The molecule has 0 unspecified atom stereocenters. The third-order valence-electron chi connectivity index (χ3n) is 4.43. The van der Waals surface area contributed by atoms with Gasteiger partial charge in [0.05, 0.1) is 18.4 Å². The van der Waals surface area contributed by atoms with Crippen LogP contribution in [-0.4, -0.2) is 47.2 Å². The summed E-state index contributed by atoms with van der Waals surface area (Å²) < 4.78 is 9.79. The molecule has 0 spiro atoms. The highest BCUT2D eigenvalue weighted by Crippen LogP contribution is 2.21. The molecule has 0 radical (unpaired) electrons. The lowest BCUT2D eigenvalue weighted by Crippen LogP contribution is -2.16. The molecule has 0 atom stereocenters. The topological polar surface area (TPSA) is 118 Å². The maximum atomic E-state index is 12.4. The summed E-state index contributed by atoms with van der Waals surface area (Å²) in [4.78, 5) is 53.8. The van der Waals surface area contributed by atoms with E-state index in [0.29, 0.717) is 28.1 Å². The predicted molar refractivity (Wildman–Crippen MR) is 96.5 cm³/mol. The van der Waals surface area contributed by atoms with Crippen LogP contribution in [0.5, 0.6) is 0 Å². The highest BCUT2D eigenvalue weighted by molar-refractivity contribution is 6.04. The number of carbonyl (C=O) groups excluding carboxylic acids is 4. The molecule has 0 saturated heterocycles. The molecular formula is C19H22N2O6. The fraction of sp³-hybridized carbons (Fsp3) is 0.368. The van der Waals surface area contributed by atoms with Crippen LogP contribution in [0, 0.1) is 27.7 Å². The van der Waals surface area contributed by atoms with Gasteiger partial charge in [0.1, 0.15) is 5.69 Å². The Hall–Kier alpha value is -3.16. The summed E-state index contributed by atoms with van der Waals surface area (Å²) in [5.41, 5.74) is 3.03. The van der Waals surface area contributed by atoms with Crippen molar-refractivity contribution < 1.29 is 28.7 Å². The standard InChI is InChI=1S/C19H22N2O6/c1-8-14(12(5)22)10(3)20-16(8)13(23)7-27-19(25)17-9(2)15(11(4)21-17)18(24)26-6/h20-21H,7H2,1-6H3. The highest BCUT2D eigenvalue weighted by Gasteiger charge is 2.25. The molecule has 0 fully saturated rings. The van der Waals surface area contributed by atoms with E-state index in [1.807, 2.05) is 0 Å². The number of H-pyrrole nitrogens is 2. The number of aromatic nitrogens is 2. The second-order valence-electron chi connectivity index (χ2n) is 6.30. The van der Waals surface area contributed by atoms with Gasteiger partial charge in [-0.25, -0.2) is 9.59 Å². The molecule has 0 amide bonds. The molecule has 2 aromatic heterocycles. The molecule has 0 aromatic carbocycles. The van der Waals surface area contributed by atoms with E-state index in [1.165, 1.54) is 14.0 Å². The number of carbonyl (C=O) groups is 4. The number of ether oxygens (including phenoxy) is 2. The van der Waals surface area contributed by atoms with Crippen LogP contribution >= 0.6 is 0 Å². The maximum Gasteiger partial charge on any atom is 0.355 e. The molecule has 0 bridgehead atoms. The molecule has 144 valence electrons. The number of aromatic amines is 2. The zero-order chi connectivity index (χ0) is 20.5. The Morgan fingerprint density at radius 1 is 0.815 bits per heavy atom. The Bertz CT molecular complexity index is 948. The van der Waals surface area contributed by atoms with Crippen LogP contribution in [0.25, 0.3) is 0 Å². The van der Waals surface area contributed by atoms with Gasteiger partial charge in [-0.3, -0.25) is 9.59 Å². The summed E-state index contributed by atoms with van der Waals surface area (Å²) in [6.07, 6.45) is 0. The van der Waals surface area contributed by atoms with E-state index in [4.69, 9.17) is 9.47 Å². The Labute approximate surface area is 156 Å². The van der Waals surface area contributed by atoms with Gasteiger partial charge in [0.2, 0.25) is 5.78 Å². The highest BCUT2D eigenvalue weighted by atomic mass is 16.5. The predicted octanol–water partition coefficient (Wildman–Crippen LogP) is 2.61. The van der Waals surface area contributed by atoms with Crippen LogP contribution < -0.4 is 0 Å². The van der Waals surface area contributed by atoms with Gasteiger partial charge in [-0.05, 0) is 45.7 Å². The minimum absolute atomic E-state index is 0.0875. The van der Waals surface area contributed by atoms with Crippen LogP contribution in [0.15, 0.2) is 0 Å². The van der Waals surface area contributed by atoms with Crippen molar-refractivity contribution in [3.63, 3.8) is 0 Å². The summed E-state index contributed by atoms with van der Waals surface area (Å²) in [6.45, 7) is 7.51. The smallest absolute Gasteiger partial charge is 0.355 e. The molecule has 2 N–H and O–H groups in total. The Morgan fingerprint density at radius 3 is 1.85 bits per heavy atom. The first-order valence-electron chi connectivity index (χ1n) is 8.28. The molecule has 27 heavy (non-hydrogen) atoms. The van der Waals surface area contributed by atoms with Crippen molar-refractivity contribution in [2.75, 3.05) is 13.7 Å². The van der Waals surface area contributed by atoms with Crippen molar-refractivity contribution in [1.29, 1.82) is 0 Å². The third kappa shape index (κ3) is 3.69. The Balaban J connectivity index is 2.17. The molecule has 8 nitrogen and oxygen atoms in total. The lowest BCUT2D eigenvalue weighted by molar-refractivity contribution is 0.0467. The lowest BCUT2D eigenvalue weighted by atomic mass is 10.1. The van der Waals surface area contributed by atoms with Crippen LogP contribution in [0.2, 0.25) is 0 Å². The molecule has 0 aliphatic carbocycles. The minimum Gasteiger partial charge on any atom is -0.465 e. The van der Waals surface area contributed by atoms with Gasteiger partial charge in [-0.15, -0.1) is 0 Å². The van der Waals surface area contributed by atoms with E-state index in [1.54, 1.807) is 27.7 Å². The molecule has 2 heterocycles. The van der Waals surface area contributed by atoms with Crippen molar-refractivity contribution >= 4 is 23.5 Å². The zero-order valence-corrected chi connectivity index (χ0v) is 16.2. The third-order valence-corrected chi connectivity index (χ3v) is 4.43. The van der Waals surface area contributed by atoms with E-state index < -0.39 is 24.3 Å². The number of ketones is 2. The van der Waals surface area contributed by atoms with Gasteiger partial charge >= 0.3 is 11.9 Å². The number of aryl methyl sites for hydroxylation is 2. The number of Topliss-reactive ketones (excluding diaryl/α,β-unsaturated/α-hetero) is 2. The molecule has 0 saturated carbocycles. The van der Waals surface area contributed by atoms with E-state index in [2.05, 4.69) is 9.97 Å². The van der Waals surface area contributed by atoms with Crippen LogP contribution in [0.3, 0.4) is 0 Å². The van der Waals surface area contributed by atoms with Crippen LogP contribution in [0.4, 0.5) is 0 Å². The van der Waals surface area contributed by atoms with Crippen molar-refractivity contribution in [2.45, 2.75) is 34.6 Å². The second kappa shape index (κ2) is 7.61. The summed E-state index contributed by atoms with van der Waals surface area (Å²) in [6, 6.07) is 0. The lowest BCUT2D eigenvalue weighted by Gasteiger charge is -2.04. The minimum atomic E-state index is -0.758. The van der Waals surface area contributed by atoms with Gasteiger partial charge < -0.3 is 19.4 Å². The molecule has 2 rings (SSSR count). The molecule has 2 aromatic rings. The fourth-order valence-corrected chi connectivity index (χ4v) is 3.19. The van der Waals surface area contributed by atoms with Crippen molar-refractivity contribution in [3.05, 3.63) is 45.0 Å². The first-order chi connectivity index (χ1) is 12.6. The first kappa shape index (κ1) is 20.2. The van der Waals surface area contributed by atoms with Crippen molar-refractivity contribution in [2.24, 2.45) is 0 Å². The number of rotatable bonds is 6. The average molecular weight is 374 g/mol. The number of methoxy groups -OCH3 is 1. The first-order valence-corrected chi connectivity index (χ1v) is 8.28. The van der Waals surface area contributed by atoms with E-state index in [0.717, 1.165) is 0 Å². The molecular weight excluding hydrogens is 352 g/mol. The summed E-state index contributed by atoms with van der Waals surface area (Å²) in [5, 5.41) is 0. The summed E-state index contributed by atoms with van der Waals surface area (Å²) in [7, 11) is 1.25. The van der Waals surface area contributed by atoms with Crippen LogP contribution in [-0.2, 0) is 9.47 Å². The Morgan fingerprint density at radius 2 is 1.33 bits per heavy atom. The number of esters is 2. The molecule has 0 aliphatic heterocycles. The van der Waals surface area contributed by atoms with Gasteiger partial charge in [-0.1, -0.05) is 0 Å². The largest absolute Gasteiger partial charge is 0.465 e. The van der Waals surface area contributed by atoms with Gasteiger partial charge in [0, 0.05) is 17.0 Å². The average Bonchev–Trinajstić information content (AvgIpc) is 3.07. The van der Waals surface area contributed by atoms with E-state index >= 15 is 0 Å². The van der Waals surface area contributed by atoms with Gasteiger partial charge in [-0.2, -0.15) is 0 Å². The molecule has 8 heteroatoms. The van der Waals surface area contributed by atoms with Gasteiger partial charge in [0.25, 0.3) is 0 Å². The summed E-state index contributed by atoms with van der Waals surface area (Å²) in [5.74, 6) is -1.92. The van der Waals surface area contributed by atoms with Crippen molar-refractivity contribution in [3.8, 4) is 0 Å². The normalized spacial score (nSPS) is 10.6. The van der Waals surface area contributed by atoms with E-state index in [-0.39, 0.29) is 22.7 Å². The number of hydrogen-bond donors (Lipinski definition) is 2. The monoisotopic (exact) mass is 374 g/mol. The fourth-order valence-electron chi connectivity index (χ4n) is 3.19. The maximum absolute atomic E-state index is 12.4. The molecule has 0 aliphatic rings. The van der Waals surface area contributed by atoms with Crippen molar-refractivity contribution in [1.82, 2.24) is 9.97 Å². The second-order valence-corrected chi connectivity index (χ2v) is 6.30. The number of hydrogen-bond acceptors (Lipinski definition) is 6. The Kier molecular flexibility index (Phi) is 5.68. The number of nitrogens with one attached hydrogen (secondary N) is 2. The zero-order valence-electron chi connectivity index (χ0n) is 16.2.